The highest BCUT2D eigenvalue weighted by atomic mass is 80.0. The van der Waals surface area contributed by atoms with Gasteiger partial charge in [-0.05, 0) is 6.92 Å². The van der Waals surface area contributed by atoms with Gasteiger partial charge >= 0.3 is 0 Å². The van der Waals surface area contributed by atoms with E-state index in [2.05, 4.69) is 628 Å². The van der Waals surface area contributed by atoms with Gasteiger partial charge in [0.05, 0.1) is 0 Å². The molecule has 0 rings (SSSR count). The van der Waals surface area contributed by atoms with Crippen LogP contribution >= 0.6 is 621 Å². The van der Waals surface area contributed by atoms with Gasteiger partial charge in [0.15, 0.2) is 2.14 Å². The maximum atomic E-state index is 4.22. The van der Waals surface area contributed by atoms with Gasteiger partial charge in [0.1, 0.15) is 58.2 Å². The van der Waals surface area contributed by atoms with Gasteiger partial charge in [0.25, 0.3) is 0 Å². The Hall–Kier alpha value is 18.7. The van der Waals surface area contributed by atoms with E-state index < -0.39 is 60.3 Å². The highest BCUT2D eigenvalue weighted by Crippen LogP contribution is 2.84. The lowest BCUT2D eigenvalue weighted by Crippen LogP contribution is -2.74. The van der Waals surface area contributed by atoms with Crippen LogP contribution in [0.4, 0.5) is 0 Å². The van der Waals surface area contributed by atoms with E-state index in [1.165, 1.54) is 0 Å². The summed E-state index contributed by atoms with van der Waals surface area (Å²) in [6.07, 6.45) is 0. The smallest absolute Gasteiger partial charge is 0.0701 e. The molecular weight excluding hydrogens is 3360 g/mol. The lowest BCUT2D eigenvalue weighted by molar-refractivity contribution is 0.518. The highest BCUT2D eigenvalue weighted by molar-refractivity contribution is 9.43. The molecule has 0 spiro atoms. The first kappa shape index (κ1) is 77.7. The first-order valence-electron chi connectivity index (χ1n) is 12.2. The predicted octanol–water partition coefficient (Wildman–Crippen LogP) is 29.4. The van der Waals surface area contributed by atoms with Crippen LogP contribution in [-0.4, -0.2) is 60.3 Å². The summed E-state index contributed by atoms with van der Waals surface area (Å²) in [5.41, 5.74) is 0. The number of hydrogen-bond donors (Lipinski definition) is 0. The summed E-state index contributed by atoms with van der Waals surface area (Å²) in [5, 5.41) is 0. The Kier molecular flexibility index (Phi) is 32.9. The molecule has 39 heteroatoms. The first-order valence-corrected chi connectivity index (χ1v) is 43.2. The van der Waals surface area contributed by atoms with E-state index in [4.69, 9.17) is 0 Å². The lowest BCUT2D eigenvalue weighted by atomic mass is 10.0. The fraction of sp³-hybridized carbons (Fsp3) is 0.950. The molecule has 0 aromatic heterocycles. The van der Waals surface area contributed by atoms with Crippen LogP contribution in [0, 0.1) is 6.92 Å². The average Bonchev–Trinajstić information content (AvgIpc) is 2.98. The molecule has 0 aliphatic carbocycles. The molecule has 0 unspecified atom stereocenters. The third-order valence-corrected chi connectivity index (χ3v) is 90.1. The molecule has 0 aromatic rings. The predicted molar refractivity (Wildman–Crippen MR) is 405 cm³/mol. The Labute approximate surface area is 671 Å². The fourth-order valence-electron chi connectivity index (χ4n) is 3.37. The fourth-order valence-corrected chi connectivity index (χ4v) is 42.6. The zero-order valence-electron chi connectivity index (χ0n) is 24.9. The van der Waals surface area contributed by atoms with Crippen LogP contribution in [0.2, 0.25) is 0 Å². The molecule has 0 saturated heterocycles. The number of alkyl halides is 39. The van der Waals surface area contributed by atoms with Crippen LogP contribution in [0.25, 0.3) is 0 Å². The standard InChI is InChI=1S/C20H2Br39/c1-2(21,22)3(23,24)4(25,26)5(27,28)6(29,30)7(31,32)8(33,34)9(35,36)10(37,38)11(39,40)12(41,42)13(43,44)14(45,46)15(47,48)16(49,50)17(51,52)18(53,54)19(55,56)20(57,58)59/h1H2. The molecule has 0 amide bonds. The molecule has 0 aliphatic heterocycles. The average molecular weight is 3360 g/mol. The SMILES string of the molecule is [CH2]C(Br)(Br)C(Br)(Br)C(Br)(Br)C(Br)(Br)C(Br)(Br)C(Br)(Br)C(Br)(Br)C(Br)(Br)C(Br)(Br)C(Br)(Br)C(Br)(Br)C(Br)(Br)C(Br)(Br)C(Br)(Br)C(Br)(Br)C(Br)(Br)C(Br)(Br)C(Br)(Br)C(Br)(Br)Br. The van der Waals surface area contributed by atoms with Crippen molar-refractivity contribution in [2.24, 2.45) is 0 Å². The third kappa shape index (κ3) is 13.1. The van der Waals surface area contributed by atoms with Crippen molar-refractivity contribution in [3.05, 3.63) is 6.92 Å². The molecule has 0 atom stereocenters. The minimum atomic E-state index is -1.38. The van der Waals surface area contributed by atoms with Gasteiger partial charge in [-0.1, -0.05) is 621 Å². The Morgan fingerprint density at radius 3 is 0.305 bits per heavy atom. The topological polar surface area (TPSA) is 0 Å². The van der Waals surface area contributed by atoms with Gasteiger partial charge < -0.3 is 0 Å². The Morgan fingerprint density at radius 2 is 0.220 bits per heavy atom. The summed E-state index contributed by atoms with van der Waals surface area (Å²) in [6.45, 7) is 4.22. The normalized spacial score (nSPS) is 17.5. The number of hydrogen-bond acceptors (Lipinski definition) is 0. The molecule has 0 nitrogen and oxygen atoms in total. The van der Waals surface area contributed by atoms with Crippen LogP contribution in [-0.2, 0) is 0 Å². The van der Waals surface area contributed by atoms with Crippen molar-refractivity contribution in [1.29, 1.82) is 0 Å². The third-order valence-electron chi connectivity index (χ3n) is 7.12. The van der Waals surface area contributed by atoms with Crippen LogP contribution in [0.1, 0.15) is 0 Å². The molecule has 0 heterocycles. The Balaban J connectivity index is 7.92. The second-order valence-corrected chi connectivity index (χ2v) is 80.0. The Bertz CT molecular complexity index is 1410. The zero-order valence-corrected chi connectivity index (χ0v) is 86.8. The lowest BCUT2D eigenvalue weighted by Gasteiger charge is -2.62. The maximum Gasteiger partial charge on any atom is 0.162 e. The zero-order chi connectivity index (χ0) is 49.5. The summed E-state index contributed by atoms with van der Waals surface area (Å²) in [5.74, 6) is 0. The summed E-state index contributed by atoms with van der Waals surface area (Å²) in [4.78, 5) is 0. The molecule has 0 fully saturated rings. The highest BCUT2D eigenvalue weighted by Gasteiger charge is 2.85. The van der Waals surface area contributed by atoms with Crippen LogP contribution in [0.3, 0.4) is 0 Å². The molecule has 0 aromatic carbocycles. The second kappa shape index (κ2) is 25.0. The van der Waals surface area contributed by atoms with Crippen molar-refractivity contribution in [3.8, 4) is 0 Å². The van der Waals surface area contributed by atoms with E-state index in [1.807, 2.05) is 0 Å². The van der Waals surface area contributed by atoms with Crippen LogP contribution in [0.15, 0.2) is 0 Å². The van der Waals surface area contributed by atoms with Crippen LogP contribution < -0.4 is 0 Å². The molecule has 355 valence electrons. The molecule has 0 aliphatic rings. The van der Waals surface area contributed by atoms with E-state index in [0.717, 1.165) is 0 Å². The van der Waals surface area contributed by atoms with Gasteiger partial charge in [0, 0.05) is 0 Å². The Morgan fingerprint density at radius 1 is 0.136 bits per heavy atom. The minimum absolute atomic E-state index is 0.918. The number of halogens is 39. The quantitative estimate of drug-likeness (QED) is 0.127. The van der Waals surface area contributed by atoms with E-state index in [1.54, 1.807) is 0 Å². The second-order valence-electron chi connectivity index (χ2n) is 11.0. The molecule has 0 bridgehead atoms. The van der Waals surface area contributed by atoms with Crippen molar-refractivity contribution in [1.82, 2.24) is 0 Å². The van der Waals surface area contributed by atoms with Crippen molar-refractivity contribution >= 4 is 621 Å². The monoisotopic (exact) mass is 3320 g/mol. The summed E-state index contributed by atoms with van der Waals surface area (Å²) in [7, 11) is 0. The van der Waals surface area contributed by atoms with E-state index >= 15 is 0 Å². The van der Waals surface area contributed by atoms with Gasteiger partial charge in [0.2, 0.25) is 0 Å². The molecule has 1 radical (unpaired) electrons. The summed E-state index contributed by atoms with van der Waals surface area (Å²) in [6, 6.07) is 0. The summed E-state index contributed by atoms with van der Waals surface area (Å²) < 4.78 is -23.5. The molecule has 0 saturated carbocycles. The van der Waals surface area contributed by atoms with E-state index in [9.17, 15) is 0 Å². The molecule has 59 heavy (non-hydrogen) atoms. The molecule has 0 N–H and O–H groups in total. The van der Waals surface area contributed by atoms with Crippen molar-refractivity contribution < 1.29 is 0 Å². The minimum Gasteiger partial charge on any atom is -0.0701 e. The van der Waals surface area contributed by atoms with E-state index in [-0.39, 0.29) is 0 Å². The first-order chi connectivity index (χ1) is 24.5. The summed E-state index contributed by atoms with van der Waals surface area (Å²) >= 11 is 153. The van der Waals surface area contributed by atoms with Crippen LogP contribution in [0.5, 0.6) is 0 Å². The largest absolute Gasteiger partial charge is 0.162 e. The van der Waals surface area contributed by atoms with Gasteiger partial charge in [-0.2, -0.15) is 0 Å². The van der Waals surface area contributed by atoms with Crippen molar-refractivity contribution in [2.75, 3.05) is 0 Å². The van der Waals surface area contributed by atoms with Gasteiger partial charge in [-0.25, -0.2) is 0 Å². The van der Waals surface area contributed by atoms with Gasteiger partial charge in [-0.3, -0.25) is 0 Å². The maximum absolute atomic E-state index is 4.22. The van der Waals surface area contributed by atoms with E-state index in [0.29, 0.717) is 0 Å². The van der Waals surface area contributed by atoms with Crippen molar-refractivity contribution in [2.45, 2.75) is 60.3 Å². The van der Waals surface area contributed by atoms with Crippen molar-refractivity contribution in [3.63, 3.8) is 0 Å². The molecular formula is C20H2Br39. The van der Waals surface area contributed by atoms with Gasteiger partial charge in [-0.15, -0.1) is 0 Å². The number of rotatable bonds is 17.